The molecule has 0 spiro atoms. The minimum atomic E-state index is -1.92. The summed E-state index contributed by atoms with van der Waals surface area (Å²) in [7, 11) is 3.92. The van der Waals surface area contributed by atoms with Crippen LogP contribution in [-0.4, -0.2) is 58.5 Å². The van der Waals surface area contributed by atoms with Crippen LogP contribution in [0, 0.1) is 0 Å². The molecule has 1 atom stereocenters. The Morgan fingerprint density at radius 3 is 2.21 bits per heavy atom. The lowest BCUT2D eigenvalue weighted by Gasteiger charge is -2.29. The van der Waals surface area contributed by atoms with Gasteiger partial charge < -0.3 is 24.8 Å². The Morgan fingerprint density at radius 1 is 1.00 bits per heavy atom. The lowest BCUT2D eigenvalue weighted by Crippen LogP contribution is -2.38. The standard InChI is InChI=1S/C20H23NO8/c1-21(27)19(25)16(24)11-20(26,13-5-6-14(22)15(23)9-13)10-12-4-7-17(28-2)18(8-12)29-3/h4-9,22-23,26-27H,10-11H2,1-3H3. The summed E-state index contributed by atoms with van der Waals surface area (Å²) >= 11 is 0. The van der Waals surface area contributed by atoms with Gasteiger partial charge in [-0.3, -0.25) is 14.8 Å². The molecule has 0 aliphatic rings. The highest BCUT2D eigenvalue weighted by atomic mass is 16.5. The molecule has 0 aliphatic heterocycles. The lowest BCUT2D eigenvalue weighted by molar-refractivity contribution is -0.167. The molecule has 0 bridgehead atoms. The fourth-order valence-electron chi connectivity index (χ4n) is 2.93. The largest absolute Gasteiger partial charge is 0.504 e. The van der Waals surface area contributed by atoms with Crippen LogP contribution >= 0.6 is 0 Å². The minimum Gasteiger partial charge on any atom is -0.504 e. The third-order valence-corrected chi connectivity index (χ3v) is 4.44. The fraction of sp³-hybridized carbons (Fsp3) is 0.300. The highest BCUT2D eigenvalue weighted by Gasteiger charge is 2.36. The number of nitrogens with zero attached hydrogens (tertiary/aromatic N) is 1. The summed E-state index contributed by atoms with van der Waals surface area (Å²) in [5, 5.41) is 40.0. The number of amides is 1. The summed E-state index contributed by atoms with van der Waals surface area (Å²) in [5.41, 5.74) is -1.27. The van der Waals surface area contributed by atoms with Gasteiger partial charge in [-0.25, -0.2) is 5.06 Å². The number of benzene rings is 2. The van der Waals surface area contributed by atoms with Crippen LogP contribution < -0.4 is 9.47 Å². The number of Topliss-reactive ketones (excluding diaryl/α,β-unsaturated/α-hetero) is 1. The summed E-state index contributed by atoms with van der Waals surface area (Å²) < 4.78 is 10.4. The second kappa shape index (κ2) is 8.80. The zero-order valence-corrected chi connectivity index (χ0v) is 16.2. The Kier molecular flexibility index (Phi) is 6.68. The van der Waals surface area contributed by atoms with E-state index < -0.39 is 35.2 Å². The molecule has 4 N–H and O–H groups in total. The highest BCUT2D eigenvalue weighted by molar-refractivity contribution is 6.35. The minimum absolute atomic E-state index is 0.101. The zero-order chi connectivity index (χ0) is 21.8. The van der Waals surface area contributed by atoms with Crippen LogP contribution in [-0.2, 0) is 21.6 Å². The predicted octanol–water partition coefficient (Wildman–Crippen LogP) is 1.35. The number of methoxy groups -OCH3 is 2. The monoisotopic (exact) mass is 405 g/mol. The van der Waals surface area contributed by atoms with Crippen molar-refractivity contribution in [1.82, 2.24) is 5.06 Å². The summed E-state index contributed by atoms with van der Waals surface area (Å²) in [6.45, 7) is 0. The average Bonchev–Trinajstić information content (AvgIpc) is 2.68. The van der Waals surface area contributed by atoms with Gasteiger partial charge in [-0.2, -0.15) is 0 Å². The van der Waals surface area contributed by atoms with E-state index in [1.165, 1.54) is 20.3 Å². The molecule has 29 heavy (non-hydrogen) atoms. The maximum absolute atomic E-state index is 12.3. The number of carbonyl (C=O) groups excluding carboxylic acids is 2. The Balaban J connectivity index is 2.47. The van der Waals surface area contributed by atoms with E-state index >= 15 is 0 Å². The second-order valence-corrected chi connectivity index (χ2v) is 6.53. The SMILES string of the molecule is COc1ccc(CC(O)(CC(=O)C(=O)N(C)O)c2ccc(O)c(O)c2)cc1OC. The van der Waals surface area contributed by atoms with Crippen LogP contribution in [0.2, 0.25) is 0 Å². The number of hydrogen-bond donors (Lipinski definition) is 4. The van der Waals surface area contributed by atoms with Crippen LogP contribution in [0.1, 0.15) is 17.5 Å². The zero-order valence-electron chi connectivity index (χ0n) is 16.2. The summed E-state index contributed by atoms with van der Waals surface area (Å²) in [5.74, 6) is -2.26. The summed E-state index contributed by atoms with van der Waals surface area (Å²) in [6.07, 6.45) is -0.805. The molecule has 0 radical (unpaired) electrons. The number of carbonyl (C=O) groups is 2. The van der Waals surface area contributed by atoms with Crippen LogP contribution in [0.25, 0.3) is 0 Å². The average molecular weight is 405 g/mol. The van der Waals surface area contributed by atoms with E-state index in [0.29, 0.717) is 17.1 Å². The molecule has 0 aliphatic carbocycles. The van der Waals surface area contributed by atoms with Crippen LogP contribution in [0.4, 0.5) is 0 Å². The first-order valence-corrected chi connectivity index (χ1v) is 8.56. The first-order valence-electron chi connectivity index (χ1n) is 8.56. The van der Waals surface area contributed by atoms with Crippen molar-refractivity contribution < 1.29 is 39.6 Å². The lowest BCUT2D eigenvalue weighted by atomic mass is 9.82. The van der Waals surface area contributed by atoms with E-state index in [1.807, 2.05) is 0 Å². The van der Waals surface area contributed by atoms with Gasteiger partial charge in [0.15, 0.2) is 23.0 Å². The second-order valence-electron chi connectivity index (χ2n) is 6.53. The Bertz CT molecular complexity index is 911. The normalized spacial score (nSPS) is 12.7. The van der Waals surface area contributed by atoms with Gasteiger partial charge >= 0.3 is 5.91 Å². The number of aliphatic hydroxyl groups is 1. The predicted molar refractivity (Wildman–Crippen MR) is 101 cm³/mol. The van der Waals surface area contributed by atoms with Crippen molar-refractivity contribution in [3.63, 3.8) is 0 Å². The van der Waals surface area contributed by atoms with E-state index in [2.05, 4.69) is 0 Å². The molecule has 2 aromatic carbocycles. The third kappa shape index (κ3) is 4.95. The van der Waals surface area contributed by atoms with Gasteiger partial charge in [-0.15, -0.1) is 0 Å². The van der Waals surface area contributed by atoms with E-state index in [1.54, 1.807) is 18.2 Å². The fourth-order valence-corrected chi connectivity index (χ4v) is 2.93. The Hall–Kier alpha value is -3.30. The molecular weight excluding hydrogens is 382 g/mol. The van der Waals surface area contributed by atoms with Crippen molar-refractivity contribution >= 4 is 11.7 Å². The molecule has 9 heteroatoms. The van der Waals surface area contributed by atoms with Gasteiger partial charge in [0.25, 0.3) is 0 Å². The molecule has 0 heterocycles. The van der Waals surface area contributed by atoms with Crippen molar-refractivity contribution in [2.24, 2.45) is 0 Å². The number of hydroxylamine groups is 2. The van der Waals surface area contributed by atoms with E-state index in [4.69, 9.17) is 9.47 Å². The summed E-state index contributed by atoms with van der Waals surface area (Å²) in [6, 6.07) is 8.48. The van der Waals surface area contributed by atoms with E-state index in [-0.39, 0.29) is 17.0 Å². The van der Waals surface area contributed by atoms with Gasteiger partial charge in [-0.05, 0) is 35.4 Å². The van der Waals surface area contributed by atoms with E-state index in [9.17, 15) is 30.1 Å². The molecule has 1 unspecified atom stereocenters. The molecule has 2 rings (SSSR count). The molecule has 0 fully saturated rings. The van der Waals surface area contributed by atoms with Crippen molar-refractivity contribution in [3.8, 4) is 23.0 Å². The topological polar surface area (TPSA) is 137 Å². The highest BCUT2D eigenvalue weighted by Crippen LogP contribution is 2.37. The summed E-state index contributed by atoms with van der Waals surface area (Å²) in [4.78, 5) is 24.1. The van der Waals surface area contributed by atoms with Gasteiger partial charge in [-0.1, -0.05) is 12.1 Å². The molecule has 0 aromatic heterocycles. The van der Waals surface area contributed by atoms with Gasteiger partial charge in [0.05, 0.1) is 14.2 Å². The Morgan fingerprint density at radius 2 is 1.66 bits per heavy atom. The number of ether oxygens (including phenoxy) is 2. The molecular formula is C20H23NO8. The van der Waals surface area contributed by atoms with Crippen molar-refractivity contribution in [1.29, 1.82) is 0 Å². The van der Waals surface area contributed by atoms with Crippen molar-refractivity contribution in [2.45, 2.75) is 18.4 Å². The van der Waals surface area contributed by atoms with E-state index in [0.717, 1.165) is 19.2 Å². The first kappa shape index (κ1) is 22.0. The molecule has 2 aromatic rings. The number of phenolic OH excluding ortho intramolecular Hbond substituents is 2. The number of ketones is 1. The van der Waals surface area contributed by atoms with Crippen molar-refractivity contribution in [3.05, 3.63) is 47.5 Å². The maximum atomic E-state index is 12.3. The number of likely N-dealkylation sites (N-methyl/N-ethyl adjacent to an activating group) is 1. The van der Waals surface area contributed by atoms with Crippen LogP contribution in [0.3, 0.4) is 0 Å². The van der Waals surface area contributed by atoms with Crippen molar-refractivity contribution in [2.75, 3.05) is 21.3 Å². The molecule has 1 amide bonds. The van der Waals surface area contributed by atoms with Gasteiger partial charge in [0, 0.05) is 19.9 Å². The third-order valence-electron chi connectivity index (χ3n) is 4.44. The molecule has 0 saturated carbocycles. The van der Waals surface area contributed by atoms with Crippen LogP contribution in [0.5, 0.6) is 23.0 Å². The number of aromatic hydroxyl groups is 2. The smallest absolute Gasteiger partial charge is 0.313 e. The van der Waals surface area contributed by atoms with Gasteiger partial charge in [0.1, 0.15) is 5.60 Å². The number of phenols is 2. The maximum Gasteiger partial charge on any atom is 0.313 e. The number of hydrogen-bond acceptors (Lipinski definition) is 8. The quantitative estimate of drug-likeness (QED) is 0.224. The molecule has 0 saturated heterocycles. The Labute approximate surface area is 167 Å². The molecule has 156 valence electrons. The molecule has 9 nitrogen and oxygen atoms in total. The first-order chi connectivity index (χ1) is 13.6. The van der Waals surface area contributed by atoms with Crippen LogP contribution in [0.15, 0.2) is 36.4 Å². The number of rotatable bonds is 8. The van der Waals surface area contributed by atoms with Gasteiger partial charge in [0.2, 0.25) is 5.78 Å².